The van der Waals surface area contributed by atoms with Crippen LogP contribution >= 0.6 is 0 Å². The molecule has 0 aliphatic carbocycles. The van der Waals surface area contributed by atoms with E-state index < -0.39 is 0 Å². The summed E-state index contributed by atoms with van der Waals surface area (Å²) in [7, 11) is 0. The number of nitrogens with zero attached hydrogens (tertiary/aromatic N) is 2. The number of phenolic OH excluding ortho intramolecular Hbond substituents is 1. The van der Waals surface area contributed by atoms with Crippen molar-refractivity contribution in [3.05, 3.63) is 41.9 Å². The average molecular weight is 216 g/mol. The third-order valence-electron chi connectivity index (χ3n) is 2.02. The molecule has 1 aromatic carbocycles. The molecule has 0 aliphatic heterocycles. The SMILES string of the molecule is Cc1cc(Oc2ccccc2O)nc(C)n1. The monoisotopic (exact) mass is 216 g/mol. The van der Waals surface area contributed by atoms with Crippen LogP contribution in [0.25, 0.3) is 0 Å². The summed E-state index contributed by atoms with van der Waals surface area (Å²) in [5, 5.41) is 9.54. The standard InChI is InChI=1S/C12H12N2O2/c1-8-7-12(14-9(2)13-8)16-11-6-4-3-5-10(11)15/h3-7,15H,1-2H3. The summed E-state index contributed by atoms with van der Waals surface area (Å²) in [5.41, 5.74) is 0.831. The van der Waals surface area contributed by atoms with E-state index in [1.54, 1.807) is 37.3 Å². The molecule has 0 amide bonds. The van der Waals surface area contributed by atoms with Crippen LogP contribution in [0.4, 0.5) is 0 Å². The van der Waals surface area contributed by atoms with Crippen molar-refractivity contribution in [2.24, 2.45) is 0 Å². The summed E-state index contributed by atoms with van der Waals surface area (Å²) in [4.78, 5) is 8.27. The number of hydrogen-bond acceptors (Lipinski definition) is 4. The Labute approximate surface area is 93.6 Å². The zero-order chi connectivity index (χ0) is 11.5. The van der Waals surface area contributed by atoms with Gasteiger partial charge in [-0.25, -0.2) is 4.98 Å². The molecule has 2 rings (SSSR count). The average Bonchev–Trinajstić information content (AvgIpc) is 2.20. The van der Waals surface area contributed by atoms with Crippen LogP contribution in [-0.2, 0) is 0 Å². The molecule has 0 saturated carbocycles. The molecule has 0 bridgehead atoms. The lowest BCUT2D eigenvalue weighted by atomic mass is 10.3. The van der Waals surface area contributed by atoms with Crippen molar-refractivity contribution >= 4 is 0 Å². The molecule has 0 saturated heterocycles. The van der Waals surface area contributed by atoms with Crippen LogP contribution in [0, 0.1) is 13.8 Å². The van der Waals surface area contributed by atoms with Crippen LogP contribution in [0.15, 0.2) is 30.3 Å². The number of hydrogen-bond donors (Lipinski definition) is 1. The molecule has 1 aromatic heterocycles. The van der Waals surface area contributed by atoms with Gasteiger partial charge in [-0.2, -0.15) is 4.98 Å². The van der Waals surface area contributed by atoms with Gasteiger partial charge in [0.2, 0.25) is 5.88 Å². The molecule has 1 N–H and O–H groups in total. The molecule has 82 valence electrons. The minimum absolute atomic E-state index is 0.0939. The van der Waals surface area contributed by atoms with Crippen molar-refractivity contribution in [3.63, 3.8) is 0 Å². The second kappa shape index (κ2) is 4.18. The van der Waals surface area contributed by atoms with Gasteiger partial charge in [-0.1, -0.05) is 12.1 Å². The van der Waals surface area contributed by atoms with E-state index in [-0.39, 0.29) is 5.75 Å². The third-order valence-corrected chi connectivity index (χ3v) is 2.02. The molecule has 2 aromatic rings. The van der Waals surface area contributed by atoms with E-state index in [1.807, 2.05) is 6.92 Å². The van der Waals surface area contributed by atoms with Gasteiger partial charge in [0.15, 0.2) is 11.5 Å². The summed E-state index contributed by atoms with van der Waals surface area (Å²) < 4.78 is 5.47. The zero-order valence-corrected chi connectivity index (χ0v) is 9.14. The molecule has 0 fully saturated rings. The predicted octanol–water partition coefficient (Wildman–Crippen LogP) is 2.59. The highest BCUT2D eigenvalue weighted by atomic mass is 16.5. The van der Waals surface area contributed by atoms with E-state index in [4.69, 9.17) is 4.74 Å². The van der Waals surface area contributed by atoms with Crippen molar-refractivity contribution in [3.8, 4) is 17.4 Å². The minimum atomic E-state index is 0.0939. The largest absolute Gasteiger partial charge is 0.504 e. The first-order chi connectivity index (χ1) is 7.65. The van der Waals surface area contributed by atoms with Crippen molar-refractivity contribution in [1.29, 1.82) is 0 Å². The normalized spacial score (nSPS) is 10.1. The topological polar surface area (TPSA) is 55.2 Å². The van der Waals surface area contributed by atoms with Gasteiger partial charge < -0.3 is 9.84 Å². The van der Waals surface area contributed by atoms with Gasteiger partial charge in [0.1, 0.15) is 5.82 Å². The number of rotatable bonds is 2. The van der Waals surface area contributed by atoms with Crippen LogP contribution in [-0.4, -0.2) is 15.1 Å². The van der Waals surface area contributed by atoms with Gasteiger partial charge in [0.05, 0.1) is 0 Å². The summed E-state index contributed by atoms with van der Waals surface area (Å²) >= 11 is 0. The van der Waals surface area contributed by atoms with Crippen LogP contribution in [0.1, 0.15) is 11.5 Å². The maximum Gasteiger partial charge on any atom is 0.222 e. The van der Waals surface area contributed by atoms with Crippen LogP contribution in [0.2, 0.25) is 0 Å². The third kappa shape index (κ3) is 2.28. The van der Waals surface area contributed by atoms with Crippen molar-refractivity contribution in [2.45, 2.75) is 13.8 Å². The van der Waals surface area contributed by atoms with E-state index in [9.17, 15) is 5.11 Å². The molecule has 0 aliphatic rings. The summed E-state index contributed by atoms with van der Waals surface area (Å²) in [6.07, 6.45) is 0. The van der Waals surface area contributed by atoms with Gasteiger partial charge in [0.25, 0.3) is 0 Å². The molecular weight excluding hydrogens is 204 g/mol. The van der Waals surface area contributed by atoms with Crippen LogP contribution in [0.5, 0.6) is 17.4 Å². The van der Waals surface area contributed by atoms with E-state index in [0.717, 1.165) is 5.69 Å². The first kappa shape index (κ1) is 10.4. The second-order valence-corrected chi connectivity index (χ2v) is 3.46. The second-order valence-electron chi connectivity index (χ2n) is 3.46. The molecule has 0 radical (unpaired) electrons. The van der Waals surface area contributed by atoms with Gasteiger partial charge in [-0.3, -0.25) is 0 Å². The van der Waals surface area contributed by atoms with Gasteiger partial charge in [0, 0.05) is 11.8 Å². The molecule has 4 nitrogen and oxygen atoms in total. The van der Waals surface area contributed by atoms with Gasteiger partial charge in [-0.15, -0.1) is 0 Å². The number of ether oxygens (including phenoxy) is 1. The highest BCUT2D eigenvalue weighted by Gasteiger charge is 2.05. The number of aromatic hydroxyl groups is 1. The molecule has 16 heavy (non-hydrogen) atoms. The summed E-state index contributed by atoms with van der Waals surface area (Å²) in [6.45, 7) is 3.66. The fraction of sp³-hybridized carbons (Fsp3) is 0.167. The number of para-hydroxylation sites is 2. The van der Waals surface area contributed by atoms with E-state index in [0.29, 0.717) is 17.5 Å². The molecule has 0 unspecified atom stereocenters. The Morgan fingerprint density at radius 1 is 1.12 bits per heavy atom. The number of aryl methyl sites for hydroxylation is 2. The van der Waals surface area contributed by atoms with Crippen molar-refractivity contribution < 1.29 is 9.84 Å². The molecule has 4 heteroatoms. The lowest BCUT2D eigenvalue weighted by Gasteiger charge is -2.07. The number of phenols is 1. The van der Waals surface area contributed by atoms with Crippen LogP contribution in [0.3, 0.4) is 0 Å². The number of benzene rings is 1. The number of aromatic nitrogens is 2. The first-order valence-electron chi connectivity index (χ1n) is 4.93. The smallest absolute Gasteiger partial charge is 0.222 e. The fourth-order valence-electron chi connectivity index (χ4n) is 1.39. The predicted molar refractivity (Wildman–Crippen MR) is 59.7 cm³/mol. The van der Waals surface area contributed by atoms with E-state index >= 15 is 0 Å². The Bertz CT molecular complexity index is 492. The Morgan fingerprint density at radius 2 is 1.88 bits per heavy atom. The summed E-state index contributed by atoms with van der Waals surface area (Å²) in [5.74, 6) is 1.56. The highest BCUT2D eigenvalue weighted by Crippen LogP contribution is 2.28. The van der Waals surface area contributed by atoms with Gasteiger partial charge >= 0.3 is 0 Å². The fourth-order valence-corrected chi connectivity index (χ4v) is 1.39. The van der Waals surface area contributed by atoms with Crippen LogP contribution < -0.4 is 4.74 Å². The first-order valence-corrected chi connectivity index (χ1v) is 4.93. The van der Waals surface area contributed by atoms with Crippen molar-refractivity contribution in [2.75, 3.05) is 0 Å². The Balaban J connectivity index is 2.30. The lowest BCUT2D eigenvalue weighted by Crippen LogP contribution is -1.95. The Kier molecular flexibility index (Phi) is 2.72. The quantitative estimate of drug-likeness (QED) is 0.838. The van der Waals surface area contributed by atoms with E-state index in [1.165, 1.54) is 0 Å². The van der Waals surface area contributed by atoms with E-state index in [2.05, 4.69) is 9.97 Å². The maximum atomic E-state index is 9.54. The molecular formula is C12H12N2O2. The Hall–Kier alpha value is -2.10. The highest BCUT2D eigenvalue weighted by molar-refractivity contribution is 5.40. The molecule has 0 atom stereocenters. The molecule has 0 spiro atoms. The van der Waals surface area contributed by atoms with Crippen molar-refractivity contribution in [1.82, 2.24) is 9.97 Å². The summed E-state index contributed by atoms with van der Waals surface area (Å²) in [6, 6.07) is 8.49. The maximum absolute atomic E-state index is 9.54. The zero-order valence-electron chi connectivity index (χ0n) is 9.14. The van der Waals surface area contributed by atoms with Gasteiger partial charge in [-0.05, 0) is 26.0 Å². The minimum Gasteiger partial charge on any atom is -0.504 e. The molecule has 1 heterocycles. The lowest BCUT2D eigenvalue weighted by molar-refractivity contribution is 0.401. The Morgan fingerprint density at radius 3 is 2.56 bits per heavy atom.